The number of carbonyl (C=O) groups is 1. The van der Waals surface area contributed by atoms with Crippen molar-refractivity contribution in [1.82, 2.24) is 0 Å². The molecule has 3 nitrogen and oxygen atoms in total. The van der Waals surface area contributed by atoms with Crippen molar-refractivity contribution < 1.29 is 14.3 Å². The van der Waals surface area contributed by atoms with Gasteiger partial charge in [-0.25, -0.2) is 4.79 Å². The maximum absolute atomic E-state index is 11.4. The lowest BCUT2D eigenvalue weighted by atomic mass is 9.87. The quantitative estimate of drug-likeness (QED) is 0.538. The van der Waals surface area contributed by atoms with Gasteiger partial charge in [0.1, 0.15) is 11.4 Å². The molecular weight excluding hydrogens is 240 g/mol. The summed E-state index contributed by atoms with van der Waals surface area (Å²) in [6.07, 6.45) is 7.57. The zero-order valence-corrected chi connectivity index (χ0v) is 12.8. The van der Waals surface area contributed by atoms with Gasteiger partial charge in [-0.1, -0.05) is 34.1 Å². The standard InChI is InChI=1S/C16H26O3/c1-6-12(4)10-16(8-3)11-13(7-2)14(19-16)9-15(17)18-5/h9,11-12H,6-8,10H2,1-5H3. The molecule has 3 heteroatoms. The SMILES string of the molecule is CCC1=CC(CC)(CC(C)CC)OC1=CC(=O)OC. The molecule has 0 spiro atoms. The molecule has 0 aromatic carbocycles. The summed E-state index contributed by atoms with van der Waals surface area (Å²) >= 11 is 0. The fourth-order valence-electron chi connectivity index (χ4n) is 2.42. The van der Waals surface area contributed by atoms with Gasteiger partial charge >= 0.3 is 5.97 Å². The lowest BCUT2D eigenvalue weighted by Gasteiger charge is -2.29. The van der Waals surface area contributed by atoms with Crippen molar-refractivity contribution in [3.05, 3.63) is 23.5 Å². The fraction of sp³-hybridized carbons (Fsp3) is 0.688. The molecule has 1 aliphatic rings. The molecule has 0 amide bonds. The van der Waals surface area contributed by atoms with Crippen LogP contribution in [0.3, 0.4) is 0 Å². The Morgan fingerprint density at radius 1 is 1.47 bits per heavy atom. The molecule has 0 bridgehead atoms. The Balaban J connectivity index is 2.97. The van der Waals surface area contributed by atoms with E-state index in [-0.39, 0.29) is 11.6 Å². The third-order valence-electron chi connectivity index (χ3n) is 3.89. The third-order valence-corrected chi connectivity index (χ3v) is 3.89. The van der Waals surface area contributed by atoms with Crippen LogP contribution in [-0.2, 0) is 14.3 Å². The maximum Gasteiger partial charge on any atom is 0.334 e. The fourth-order valence-corrected chi connectivity index (χ4v) is 2.42. The van der Waals surface area contributed by atoms with E-state index < -0.39 is 0 Å². The van der Waals surface area contributed by atoms with Crippen molar-refractivity contribution in [3.8, 4) is 0 Å². The number of hydrogen-bond acceptors (Lipinski definition) is 3. The molecule has 0 aromatic heterocycles. The Hall–Kier alpha value is -1.25. The number of rotatable bonds is 6. The van der Waals surface area contributed by atoms with Crippen LogP contribution in [0.1, 0.15) is 53.4 Å². The second kappa shape index (κ2) is 6.78. The highest BCUT2D eigenvalue weighted by Gasteiger charge is 2.36. The summed E-state index contributed by atoms with van der Waals surface area (Å²) in [6, 6.07) is 0. The van der Waals surface area contributed by atoms with Gasteiger partial charge in [0.2, 0.25) is 0 Å². The highest BCUT2D eigenvalue weighted by atomic mass is 16.5. The number of ether oxygens (including phenoxy) is 2. The molecule has 0 aromatic rings. The molecule has 0 saturated heterocycles. The molecule has 0 fully saturated rings. The molecule has 2 unspecified atom stereocenters. The molecular formula is C16H26O3. The predicted molar refractivity (Wildman–Crippen MR) is 76.7 cm³/mol. The zero-order chi connectivity index (χ0) is 14.5. The number of carbonyl (C=O) groups excluding carboxylic acids is 1. The summed E-state index contributed by atoms with van der Waals surface area (Å²) in [5.41, 5.74) is 0.858. The summed E-state index contributed by atoms with van der Waals surface area (Å²) in [6.45, 7) is 8.64. The van der Waals surface area contributed by atoms with Gasteiger partial charge in [-0.2, -0.15) is 0 Å². The van der Waals surface area contributed by atoms with Gasteiger partial charge < -0.3 is 9.47 Å². The lowest BCUT2D eigenvalue weighted by molar-refractivity contribution is -0.135. The Labute approximate surface area is 116 Å². The first-order valence-corrected chi connectivity index (χ1v) is 7.21. The first-order valence-electron chi connectivity index (χ1n) is 7.21. The van der Waals surface area contributed by atoms with E-state index in [4.69, 9.17) is 4.74 Å². The second-order valence-corrected chi connectivity index (χ2v) is 5.29. The average Bonchev–Trinajstić information content (AvgIpc) is 2.76. The predicted octanol–water partition coefficient (Wildman–Crippen LogP) is 3.99. The van der Waals surface area contributed by atoms with Crippen molar-refractivity contribution in [2.45, 2.75) is 59.0 Å². The van der Waals surface area contributed by atoms with E-state index in [0.29, 0.717) is 11.7 Å². The van der Waals surface area contributed by atoms with Gasteiger partial charge in [0.25, 0.3) is 0 Å². The zero-order valence-electron chi connectivity index (χ0n) is 12.8. The van der Waals surface area contributed by atoms with E-state index in [1.165, 1.54) is 13.2 Å². The monoisotopic (exact) mass is 266 g/mol. The van der Waals surface area contributed by atoms with E-state index in [2.05, 4.69) is 38.5 Å². The minimum atomic E-state index is -0.357. The van der Waals surface area contributed by atoms with E-state index in [9.17, 15) is 4.79 Å². The molecule has 108 valence electrons. The lowest BCUT2D eigenvalue weighted by Crippen LogP contribution is -2.28. The molecule has 0 radical (unpaired) electrons. The van der Waals surface area contributed by atoms with E-state index in [0.717, 1.165) is 31.3 Å². The number of allylic oxidation sites excluding steroid dienone is 1. The Morgan fingerprint density at radius 2 is 2.16 bits per heavy atom. The van der Waals surface area contributed by atoms with Crippen molar-refractivity contribution >= 4 is 5.97 Å². The van der Waals surface area contributed by atoms with E-state index >= 15 is 0 Å². The van der Waals surface area contributed by atoms with Crippen molar-refractivity contribution in [2.75, 3.05) is 7.11 Å². The van der Waals surface area contributed by atoms with Crippen LogP contribution < -0.4 is 0 Å². The molecule has 1 heterocycles. The first-order chi connectivity index (χ1) is 9.00. The van der Waals surface area contributed by atoms with Gasteiger partial charge in [0.05, 0.1) is 13.2 Å². The molecule has 0 N–H and O–H groups in total. The highest BCUT2D eigenvalue weighted by molar-refractivity contribution is 5.83. The highest BCUT2D eigenvalue weighted by Crippen LogP contribution is 2.40. The largest absolute Gasteiger partial charge is 0.483 e. The topological polar surface area (TPSA) is 35.5 Å². The Bertz CT molecular complexity index is 381. The number of hydrogen-bond donors (Lipinski definition) is 0. The van der Waals surface area contributed by atoms with E-state index in [1.54, 1.807) is 0 Å². The van der Waals surface area contributed by atoms with E-state index in [1.807, 2.05) is 0 Å². The van der Waals surface area contributed by atoms with Crippen LogP contribution in [-0.4, -0.2) is 18.7 Å². The molecule has 19 heavy (non-hydrogen) atoms. The van der Waals surface area contributed by atoms with Gasteiger partial charge in [0.15, 0.2) is 0 Å². The van der Waals surface area contributed by atoms with Crippen molar-refractivity contribution in [3.63, 3.8) is 0 Å². The smallest absolute Gasteiger partial charge is 0.334 e. The first kappa shape index (κ1) is 15.8. The summed E-state index contributed by atoms with van der Waals surface area (Å²) in [4.78, 5) is 11.4. The minimum absolute atomic E-state index is 0.249. The molecule has 0 aliphatic carbocycles. The molecule has 2 atom stereocenters. The maximum atomic E-state index is 11.4. The van der Waals surface area contributed by atoms with Crippen molar-refractivity contribution in [1.29, 1.82) is 0 Å². The van der Waals surface area contributed by atoms with Gasteiger partial charge in [-0.15, -0.1) is 0 Å². The average molecular weight is 266 g/mol. The van der Waals surface area contributed by atoms with Crippen LogP contribution in [0.25, 0.3) is 0 Å². The van der Waals surface area contributed by atoms with Crippen LogP contribution in [0, 0.1) is 5.92 Å². The van der Waals surface area contributed by atoms with Crippen LogP contribution in [0.4, 0.5) is 0 Å². The van der Waals surface area contributed by atoms with Gasteiger partial charge in [-0.3, -0.25) is 0 Å². The minimum Gasteiger partial charge on any atom is -0.483 e. The summed E-state index contributed by atoms with van der Waals surface area (Å²) < 4.78 is 10.8. The normalized spacial score (nSPS) is 25.9. The Kier molecular flexibility index (Phi) is 5.64. The van der Waals surface area contributed by atoms with Crippen LogP contribution in [0.15, 0.2) is 23.5 Å². The number of methoxy groups -OCH3 is 1. The van der Waals surface area contributed by atoms with Gasteiger partial charge in [0, 0.05) is 0 Å². The van der Waals surface area contributed by atoms with Crippen LogP contribution in [0.5, 0.6) is 0 Å². The van der Waals surface area contributed by atoms with Crippen molar-refractivity contribution in [2.24, 2.45) is 5.92 Å². The van der Waals surface area contributed by atoms with Crippen LogP contribution in [0.2, 0.25) is 0 Å². The van der Waals surface area contributed by atoms with Crippen LogP contribution >= 0.6 is 0 Å². The van der Waals surface area contributed by atoms with Gasteiger partial charge in [-0.05, 0) is 36.8 Å². The number of esters is 1. The molecule has 1 aliphatic heterocycles. The second-order valence-electron chi connectivity index (χ2n) is 5.29. The Morgan fingerprint density at radius 3 is 2.63 bits per heavy atom. The third kappa shape index (κ3) is 3.85. The summed E-state index contributed by atoms with van der Waals surface area (Å²) in [5, 5.41) is 0. The molecule has 1 rings (SSSR count). The summed E-state index contributed by atoms with van der Waals surface area (Å²) in [5.74, 6) is 0.927. The summed E-state index contributed by atoms with van der Waals surface area (Å²) in [7, 11) is 1.38. The molecule has 0 saturated carbocycles.